The van der Waals surface area contributed by atoms with Crippen LogP contribution in [-0.4, -0.2) is 67.9 Å². The van der Waals surface area contributed by atoms with Crippen LogP contribution >= 0.6 is 7.82 Å². The first-order valence-corrected chi connectivity index (χ1v) is 5.68. The SMILES string of the molecule is O.O.O=C([O-])[C@H]([O-])[C@@H]([O-])[C@H](O)[C@H](O)COP(=O)(O)O.[Na+].[Na+].[Na+]. The van der Waals surface area contributed by atoms with Crippen LogP contribution < -0.4 is 104 Å². The molecule has 0 heterocycles. The summed E-state index contributed by atoms with van der Waals surface area (Å²) in [5.74, 6) is -2.26. The number of aliphatic hydroxyl groups is 2. The molecule has 16 heteroatoms. The van der Waals surface area contributed by atoms with Crippen molar-refractivity contribution >= 4 is 13.8 Å². The largest absolute Gasteiger partial charge is 1.00 e. The van der Waals surface area contributed by atoms with E-state index in [-0.39, 0.29) is 99.6 Å². The number of carboxylic acids is 1. The molecule has 22 heavy (non-hydrogen) atoms. The van der Waals surface area contributed by atoms with E-state index >= 15 is 0 Å². The van der Waals surface area contributed by atoms with Crippen molar-refractivity contribution in [2.24, 2.45) is 0 Å². The normalized spacial score (nSPS) is 15.0. The molecule has 0 aromatic carbocycles. The van der Waals surface area contributed by atoms with E-state index in [1.165, 1.54) is 0 Å². The molecule has 8 N–H and O–H groups in total. The molecule has 0 aliphatic rings. The summed E-state index contributed by atoms with van der Waals surface area (Å²) < 4.78 is 14.0. The second-order valence-electron chi connectivity index (χ2n) is 3.05. The van der Waals surface area contributed by atoms with Gasteiger partial charge in [0.25, 0.3) is 0 Å². The molecule has 0 amide bonds. The Balaban J connectivity index is -0.000000128. The molecule has 0 fully saturated rings. The molecule has 0 aliphatic heterocycles. The van der Waals surface area contributed by atoms with Gasteiger partial charge in [-0.05, 0) is 0 Å². The van der Waals surface area contributed by atoms with Gasteiger partial charge >= 0.3 is 96.5 Å². The number of hydrogen-bond donors (Lipinski definition) is 4. The topological polar surface area (TPSA) is 256 Å². The maximum absolute atomic E-state index is 10.9. The zero-order valence-electron chi connectivity index (χ0n) is 12.2. The number of carboxylic acid groups (broad SMARTS) is 1. The van der Waals surface area contributed by atoms with Crippen LogP contribution in [0.15, 0.2) is 0 Å². The first-order valence-electron chi connectivity index (χ1n) is 4.15. The van der Waals surface area contributed by atoms with Gasteiger partial charge in [0.05, 0.1) is 12.7 Å². The van der Waals surface area contributed by atoms with Gasteiger partial charge in [0.1, 0.15) is 6.10 Å². The Kier molecular flexibility index (Phi) is 32.5. The minimum Gasteiger partial charge on any atom is -0.851 e. The quantitative estimate of drug-likeness (QED) is 0.240. The van der Waals surface area contributed by atoms with Gasteiger partial charge in [0, 0.05) is 5.97 Å². The molecule has 0 unspecified atom stereocenters. The van der Waals surface area contributed by atoms with Crippen molar-refractivity contribution in [3.63, 3.8) is 0 Å². The monoisotopic (exact) mass is 378 g/mol. The zero-order valence-corrected chi connectivity index (χ0v) is 19.1. The predicted octanol–water partition coefficient (Wildman–Crippen LogP) is -16.6. The maximum atomic E-state index is 10.9. The predicted molar refractivity (Wildman–Crippen MR) is 49.8 cm³/mol. The van der Waals surface area contributed by atoms with Crippen molar-refractivity contribution in [3.8, 4) is 0 Å². The summed E-state index contributed by atoms with van der Waals surface area (Å²) in [4.78, 5) is 26.5. The molecule has 0 bridgehead atoms. The molecule has 0 aromatic rings. The average Bonchev–Trinajstić information content (AvgIpc) is 2.21. The Morgan fingerprint density at radius 3 is 1.73 bits per heavy atom. The zero-order chi connectivity index (χ0) is 13.8. The third-order valence-electron chi connectivity index (χ3n) is 1.67. The third kappa shape index (κ3) is 17.2. The summed E-state index contributed by atoms with van der Waals surface area (Å²) >= 11 is 0. The number of aliphatic carboxylic acids is 1. The van der Waals surface area contributed by atoms with Crippen molar-refractivity contribution < 1.29 is 149 Å². The summed E-state index contributed by atoms with van der Waals surface area (Å²) in [6.45, 7) is -1.13. The van der Waals surface area contributed by atoms with E-state index in [0.29, 0.717) is 0 Å². The van der Waals surface area contributed by atoms with Crippen molar-refractivity contribution in [1.29, 1.82) is 0 Å². The van der Waals surface area contributed by atoms with Crippen LogP contribution in [0.25, 0.3) is 0 Å². The van der Waals surface area contributed by atoms with Crippen LogP contribution in [0.2, 0.25) is 0 Å². The number of aliphatic hydroxyl groups excluding tert-OH is 2. The summed E-state index contributed by atoms with van der Waals surface area (Å²) in [5.41, 5.74) is 0. The Morgan fingerprint density at radius 1 is 1.09 bits per heavy atom. The number of carbonyl (C=O) groups is 1. The van der Waals surface area contributed by atoms with Gasteiger partial charge in [0.2, 0.25) is 0 Å². The standard InChI is InChI=1S/C6H11O10P.3Na.2H2O/c7-2(1-16-17(13,14)15)3(8)4(9)5(10)6(11)12;;;;;/h2-5,7-8H,1H2,(H,11,12)(H2,13,14,15);;;;2*1H2/q-2;3*+1;;/p-1/t2-,3-,4+,5-;;;;;/m1...../s1. The van der Waals surface area contributed by atoms with Crippen LogP contribution in [0.5, 0.6) is 0 Å². The summed E-state index contributed by atoms with van der Waals surface area (Å²) in [7, 11) is -4.91. The van der Waals surface area contributed by atoms with Crippen LogP contribution in [0.4, 0.5) is 0 Å². The number of carbonyl (C=O) groups excluding carboxylic acids is 1. The van der Waals surface area contributed by atoms with Crippen LogP contribution in [0.1, 0.15) is 0 Å². The van der Waals surface area contributed by atoms with E-state index in [9.17, 15) is 24.7 Å². The van der Waals surface area contributed by atoms with Gasteiger partial charge in [-0.2, -0.15) is 0 Å². The van der Waals surface area contributed by atoms with Gasteiger partial charge in [-0.15, -0.1) is 6.10 Å². The smallest absolute Gasteiger partial charge is 0.851 e. The molecule has 0 aromatic heterocycles. The van der Waals surface area contributed by atoms with Crippen LogP contribution in [-0.2, 0) is 13.9 Å². The Morgan fingerprint density at radius 2 is 1.45 bits per heavy atom. The molecule has 0 saturated heterocycles. The molecular formula is C6H14Na3O12P. The fraction of sp³-hybridized carbons (Fsp3) is 0.833. The van der Waals surface area contributed by atoms with Crippen molar-refractivity contribution in [3.05, 3.63) is 0 Å². The second kappa shape index (κ2) is 18.1. The van der Waals surface area contributed by atoms with E-state index in [1.54, 1.807) is 0 Å². The van der Waals surface area contributed by atoms with Crippen molar-refractivity contribution in [2.45, 2.75) is 24.4 Å². The van der Waals surface area contributed by atoms with E-state index in [2.05, 4.69) is 4.52 Å². The molecule has 0 rings (SSSR count). The minimum atomic E-state index is -4.91. The number of rotatable bonds is 7. The number of phosphoric acid groups is 1. The number of phosphoric ester groups is 1. The van der Waals surface area contributed by atoms with Gasteiger partial charge in [-0.1, -0.05) is 6.10 Å². The van der Waals surface area contributed by atoms with E-state index in [0.717, 1.165) is 0 Å². The van der Waals surface area contributed by atoms with Crippen molar-refractivity contribution in [1.82, 2.24) is 0 Å². The van der Waals surface area contributed by atoms with Gasteiger partial charge in [-0.3, -0.25) is 4.52 Å². The van der Waals surface area contributed by atoms with Crippen LogP contribution in [0.3, 0.4) is 0 Å². The molecule has 4 atom stereocenters. The van der Waals surface area contributed by atoms with Gasteiger partial charge in [-0.25, -0.2) is 4.57 Å². The third-order valence-corrected chi connectivity index (χ3v) is 2.16. The molecule has 0 radical (unpaired) electrons. The van der Waals surface area contributed by atoms with Gasteiger partial charge in [0.15, 0.2) is 0 Å². The van der Waals surface area contributed by atoms with Crippen LogP contribution in [0, 0.1) is 0 Å². The van der Waals surface area contributed by atoms with Crippen molar-refractivity contribution in [2.75, 3.05) is 6.61 Å². The number of hydrogen-bond acceptors (Lipinski definition) is 8. The molecule has 118 valence electrons. The first kappa shape index (κ1) is 39.4. The van der Waals surface area contributed by atoms with E-state index in [1.807, 2.05) is 0 Å². The fourth-order valence-electron chi connectivity index (χ4n) is 0.804. The summed E-state index contributed by atoms with van der Waals surface area (Å²) in [5, 5.41) is 49.6. The minimum absolute atomic E-state index is 0. The maximum Gasteiger partial charge on any atom is 1.00 e. The van der Waals surface area contributed by atoms with E-state index < -0.39 is 44.8 Å². The molecule has 0 aliphatic carbocycles. The average molecular weight is 378 g/mol. The molecule has 12 nitrogen and oxygen atoms in total. The summed E-state index contributed by atoms with van der Waals surface area (Å²) in [6.07, 6.45) is -9.95. The fourth-order valence-corrected chi connectivity index (χ4v) is 1.15. The molecule has 0 spiro atoms. The summed E-state index contributed by atoms with van der Waals surface area (Å²) in [6, 6.07) is 0. The Bertz CT molecular complexity index is 313. The molecular weight excluding hydrogens is 364 g/mol. The van der Waals surface area contributed by atoms with E-state index in [4.69, 9.17) is 20.0 Å². The Labute approximate surface area is 191 Å². The van der Waals surface area contributed by atoms with Gasteiger partial charge < -0.3 is 51.1 Å². The second-order valence-corrected chi connectivity index (χ2v) is 4.29. The first-order chi connectivity index (χ1) is 7.56. The molecule has 0 saturated carbocycles. The Hall–Kier alpha value is 2.34.